The highest BCUT2D eigenvalue weighted by Gasteiger charge is 2.49. The summed E-state index contributed by atoms with van der Waals surface area (Å²) >= 11 is 0. The summed E-state index contributed by atoms with van der Waals surface area (Å²) in [6, 6.07) is 0. The third-order valence-electron chi connectivity index (χ3n) is 5.14. The first-order chi connectivity index (χ1) is 6.86. The van der Waals surface area contributed by atoms with E-state index in [1.54, 1.807) is 0 Å². The van der Waals surface area contributed by atoms with Crippen molar-refractivity contribution in [2.75, 3.05) is 0 Å². The molecule has 3 rings (SSSR count). The molecule has 3 aliphatic rings. The normalized spacial score (nSPS) is 48.6. The van der Waals surface area contributed by atoms with Crippen LogP contribution in [0, 0.1) is 23.7 Å². The number of aliphatic hydroxyl groups excluding tert-OH is 1. The Morgan fingerprint density at radius 1 is 0.786 bits per heavy atom. The molecular formula is C13H22O. The van der Waals surface area contributed by atoms with Gasteiger partial charge in [-0.2, -0.15) is 0 Å². The van der Waals surface area contributed by atoms with Crippen LogP contribution in [0.5, 0.6) is 0 Å². The van der Waals surface area contributed by atoms with Gasteiger partial charge in [-0.1, -0.05) is 32.1 Å². The Kier molecular flexibility index (Phi) is 2.31. The van der Waals surface area contributed by atoms with E-state index in [4.69, 9.17) is 0 Å². The highest BCUT2D eigenvalue weighted by molar-refractivity contribution is 4.99. The summed E-state index contributed by atoms with van der Waals surface area (Å²) in [6.45, 7) is 0. The van der Waals surface area contributed by atoms with Gasteiger partial charge in [0.1, 0.15) is 0 Å². The second-order valence-electron chi connectivity index (χ2n) is 5.78. The van der Waals surface area contributed by atoms with Gasteiger partial charge in [-0.05, 0) is 42.9 Å². The molecule has 0 aromatic carbocycles. The molecule has 0 saturated heterocycles. The van der Waals surface area contributed by atoms with Crippen molar-refractivity contribution in [3.8, 4) is 0 Å². The van der Waals surface area contributed by atoms with Crippen LogP contribution in [0.3, 0.4) is 0 Å². The Morgan fingerprint density at radius 3 is 2.14 bits per heavy atom. The Balaban J connectivity index is 1.72. The molecule has 80 valence electrons. The van der Waals surface area contributed by atoms with Crippen molar-refractivity contribution in [3.63, 3.8) is 0 Å². The molecule has 3 fully saturated rings. The van der Waals surface area contributed by atoms with Crippen LogP contribution >= 0.6 is 0 Å². The molecule has 3 saturated carbocycles. The summed E-state index contributed by atoms with van der Waals surface area (Å²) in [6.07, 6.45) is 11.2. The van der Waals surface area contributed by atoms with Crippen LogP contribution in [0.2, 0.25) is 0 Å². The Labute approximate surface area is 86.9 Å². The van der Waals surface area contributed by atoms with Crippen LogP contribution in [0.15, 0.2) is 0 Å². The molecule has 3 aliphatic carbocycles. The largest absolute Gasteiger partial charge is 0.393 e. The zero-order valence-electron chi connectivity index (χ0n) is 8.99. The van der Waals surface area contributed by atoms with Gasteiger partial charge in [0, 0.05) is 0 Å². The zero-order valence-corrected chi connectivity index (χ0v) is 8.99. The van der Waals surface area contributed by atoms with Crippen LogP contribution in [0.1, 0.15) is 51.4 Å². The molecule has 0 heterocycles. The molecule has 0 aliphatic heterocycles. The second kappa shape index (κ2) is 3.52. The zero-order chi connectivity index (χ0) is 9.54. The van der Waals surface area contributed by atoms with Gasteiger partial charge >= 0.3 is 0 Å². The van der Waals surface area contributed by atoms with Crippen LogP contribution in [0.25, 0.3) is 0 Å². The number of aliphatic hydroxyl groups is 1. The van der Waals surface area contributed by atoms with Crippen LogP contribution in [-0.2, 0) is 0 Å². The third-order valence-corrected chi connectivity index (χ3v) is 5.14. The lowest BCUT2D eigenvalue weighted by atomic mass is 9.75. The van der Waals surface area contributed by atoms with Gasteiger partial charge < -0.3 is 5.11 Å². The SMILES string of the molecule is O[C@@H]1C[C@@H]2CC[C@H]1C2C1CCCCC1. The fourth-order valence-corrected chi connectivity index (χ4v) is 4.60. The number of hydrogen-bond donors (Lipinski definition) is 1. The number of fused-ring (bicyclic) bond motifs is 2. The maximum Gasteiger partial charge on any atom is 0.0574 e. The highest BCUT2D eigenvalue weighted by atomic mass is 16.3. The molecule has 1 heteroatoms. The highest BCUT2D eigenvalue weighted by Crippen LogP contribution is 2.54. The molecule has 4 atom stereocenters. The van der Waals surface area contributed by atoms with Crippen molar-refractivity contribution < 1.29 is 5.11 Å². The number of rotatable bonds is 1. The first-order valence-electron chi connectivity index (χ1n) is 6.54. The lowest BCUT2D eigenvalue weighted by Crippen LogP contribution is -2.24. The lowest BCUT2D eigenvalue weighted by Gasteiger charge is -2.30. The maximum atomic E-state index is 9.92. The van der Waals surface area contributed by atoms with Gasteiger partial charge in [0.25, 0.3) is 0 Å². The fourth-order valence-electron chi connectivity index (χ4n) is 4.60. The predicted octanol–water partition coefficient (Wildman–Crippen LogP) is 2.97. The average molecular weight is 194 g/mol. The van der Waals surface area contributed by atoms with Crippen molar-refractivity contribution in [2.24, 2.45) is 23.7 Å². The summed E-state index contributed by atoms with van der Waals surface area (Å²) in [4.78, 5) is 0. The molecule has 14 heavy (non-hydrogen) atoms. The fraction of sp³-hybridized carbons (Fsp3) is 1.00. The molecule has 0 spiro atoms. The van der Waals surface area contributed by atoms with Crippen molar-refractivity contribution in [2.45, 2.75) is 57.5 Å². The van der Waals surface area contributed by atoms with E-state index in [0.717, 1.165) is 24.2 Å². The molecule has 1 unspecified atom stereocenters. The summed E-state index contributed by atoms with van der Waals surface area (Å²) in [7, 11) is 0. The quantitative estimate of drug-likeness (QED) is 0.680. The van der Waals surface area contributed by atoms with Crippen molar-refractivity contribution in [3.05, 3.63) is 0 Å². The van der Waals surface area contributed by atoms with Gasteiger partial charge in [-0.15, -0.1) is 0 Å². The van der Waals surface area contributed by atoms with E-state index in [1.807, 2.05) is 0 Å². The predicted molar refractivity (Wildman–Crippen MR) is 56.9 cm³/mol. The molecule has 0 aromatic heterocycles. The minimum atomic E-state index is 0.0701. The van der Waals surface area contributed by atoms with E-state index < -0.39 is 0 Å². The van der Waals surface area contributed by atoms with E-state index in [2.05, 4.69) is 0 Å². The minimum Gasteiger partial charge on any atom is -0.393 e. The molecular weight excluding hydrogens is 172 g/mol. The van der Waals surface area contributed by atoms with Crippen LogP contribution < -0.4 is 0 Å². The summed E-state index contributed by atoms with van der Waals surface area (Å²) < 4.78 is 0. The maximum absolute atomic E-state index is 9.92. The van der Waals surface area contributed by atoms with Crippen LogP contribution in [0.4, 0.5) is 0 Å². The van der Waals surface area contributed by atoms with Crippen molar-refractivity contribution in [1.29, 1.82) is 0 Å². The average Bonchev–Trinajstić information content (AvgIpc) is 2.75. The first kappa shape index (κ1) is 9.21. The van der Waals surface area contributed by atoms with Gasteiger partial charge in [-0.25, -0.2) is 0 Å². The smallest absolute Gasteiger partial charge is 0.0574 e. The van der Waals surface area contributed by atoms with E-state index in [9.17, 15) is 5.11 Å². The molecule has 0 radical (unpaired) electrons. The summed E-state index contributed by atoms with van der Waals surface area (Å²) in [5, 5.41) is 9.92. The Hall–Kier alpha value is -0.0400. The van der Waals surface area contributed by atoms with Gasteiger partial charge in [0.2, 0.25) is 0 Å². The van der Waals surface area contributed by atoms with E-state index in [0.29, 0.717) is 5.92 Å². The lowest BCUT2D eigenvalue weighted by molar-refractivity contribution is 0.0951. The van der Waals surface area contributed by atoms with Crippen LogP contribution in [-0.4, -0.2) is 11.2 Å². The Bertz CT molecular complexity index is 207. The Morgan fingerprint density at radius 2 is 1.57 bits per heavy atom. The molecule has 0 aromatic rings. The summed E-state index contributed by atoms with van der Waals surface area (Å²) in [5.41, 5.74) is 0. The minimum absolute atomic E-state index is 0.0701. The first-order valence-corrected chi connectivity index (χ1v) is 6.54. The topological polar surface area (TPSA) is 20.2 Å². The summed E-state index contributed by atoms with van der Waals surface area (Å²) in [5.74, 6) is 3.50. The molecule has 1 nitrogen and oxygen atoms in total. The molecule has 2 bridgehead atoms. The van der Waals surface area contributed by atoms with E-state index in [1.165, 1.54) is 44.9 Å². The standard InChI is InChI=1S/C13H22O/c14-12-8-10-6-7-11(12)13(10)9-4-2-1-3-5-9/h9-14H,1-8H2/t10-,11+,12+,13?/m0/s1. The van der Waals surface area contributed by atoms with E-state index >= 15 is 0 Å². The van der Waals surface area contributed by atoms with Crippen molar-refractivity contribution in [1.82, 2.24) is 0 Å². The second-order valence-corrected chi connectivity index (χ2v) is 5.78. The third kappa shape index (κ3) is 1.32. The van der Waals surface area contributed by atoms with Crippen molar-refractivity contribution >= 4 is 0 Å². The number of hydrogen-bond acceptors (Lipinski definition) is 1. The van der Waals surface area contributed by atoms with Gasteiger partial charge in [0.15, 0.2) is 0 Å². The van der Waals surface area contributed by atoms with Gasteiger partial charge in [-0.3, -0.25) is 0 Å². The molecule has 0 amide bonds. The monoisotopic (exact) mass is 194 g/mol. The molecule has 1 N–H and O–H groups in total. The van der Waals surface area contributed by atoms with Gasteiger partial charge in [0.05, 0.1) is 6.10 Å². The van der Waals surface area contributed by atoms with E-state index in [-0.39, 0.29) is 6.10 Å².